The van der Waals surface area contributed by atoms with Crippen LogP contribution < -0.4 is 0 Å². The van der Waals surface area contributed by atoms with Crippen LogP contribution in [0.3, 0.4) is 0 Å². The Morgan fingerprint density at radius 3 is 2.42 bits per heavy atom. The fraction of sp³-hybridized carbons (Fsp3) is 0.171. The van der Waals surface area contributed by atoms with Crippen molar-refractivity contribution in [3.8, 4) is 22.5 Å². The van der Waals surface area contributed by atoms with Crippen molar-refractivity contribution < 1.29 is 9.53 Å². The van der Waals surface area contributed by atoms with Gasteiger partial charge in [0.05, 0.1) is 23.7 Å². The van der Waals surface area contributed by atoms with E-state index in [1.807, 2.05) is 66.7 Å². The number of H-pyrrole nitrogens is 1. The molecule has 0 amide bonds. The Bertz CT molecular complexity index is 1870. The molecular formula is C35H32N6O2. The Morgan fingerprint density at radius 2 is 1.70 bits per heavy atom. The Morgan fingerprint density at radius 1 is 0.930 bits per heavy atom. The number of esters is 1. The van der Waals surface area contributed by atoms with Crippen molar-refractivity contribution in [2.24, 2.45) is 0 Å². The molecule has 0 unspecified atom stereocenters. The minimum atomic E-state index is -0.379. The Balaban J connectivity index is 1.38. The number of ether oxygens (including phenoxy) is 1. The predicted octanol–water partition coefficient (Wildman–Crippen LogP) is 7.23. The summed E-state index contributed by atoms with van der Waals surface area (Å²) >= 11 is 0. The largest absolute Gasteiger partial charge is 0.465 e. The number of methoxy groups -OCH3 is 1. The van der Waals surface area contributed by atoms with Crippen LogP contribution in [0.25, 0.3) is 45.7 Å². The van der Waals surface area contributed by atoms with Crippen molar-refractivity contribution in [2.45, 2.75) is 32.7 Å². The van der Waals surface area contributed by atoms with E-state index in [1.165, 1.54) is 7.11 Å². The molecular weight excluding hydrogens is 536 g/mol. The highest BCUT2D eigenvalue weighted by Crippen LogP contribution is 2.31. The molecule has 1 N–H and O–H groups in total. The van der Waals surface area contributed by atoms with Crippen molar-refractivity contribution in [1.29, 1.82) is 0 Å². The maximum absolute atomic E-state index is 12.8. The molecule has 214 valence electrons. The van der Waals surface area contributed by atoms with Gasteiger partial charge in [-0.15, -0.1) is 10.2 Å². The van der Waals surface area contributed by atoms with E-state index in [2.05, 4.69) is 68.5 Å². The monoisotopic (exact) mass is 568 g/mol. The van der Waals surface area contributed by atoms with Gasteiger partial charge in [0, 0.05) is 18.5 Å². The highest BCUT2D eigenvalue weighted by Gasteiger charge is 2.18. The number of aromatic nitrogens is 6. The Hall–Kier alpha value is -5.37. The standard InChI is InChI=1S/C35H32N6O2/c1-3-4-14-33-36-31-22-30(35(42)43-2)27(20-15-24-10-6-5-7-11-24)21-32(31)41(33)23-25-16-18-26(19-17-25)28-12-8-9-13-29(28)34-37-39-40-38-34/h5-13,15-22H,3-4,14,23H2,1-2H3,(H,37,38,39,40). The molecule has 43 heavy (non-hydrogen) atoms. The van der Waals surface area contributed by atoms with Crippen molar-refractivity contribution in [3.63, 3.8) is 0 Å². The number of carbonyl (C=O) groups is 1. The summed E-state index contributed by atoms with van der Waals surface area (Å²) in [6.07, 6.45) is 6.93. The summed E-state index contributed by atoms with van der Waals surface area (Å²) in [7, 11) is 1.41. The number of nitrogens with zero attached hydrogens (tertiary/aromatic N) is 5. The van der Waals surface area contributed by atoms with Gasteiger partial charge in [-0.2, -0.15) is 5.21 Å². The van der Waals surface area contributed by atoms with E-state index in [0.717, 1.165) is 69.5 Å². The second kappa shape index (κ2) is 12.7. The minimum Gasteiger partial charge on any atom is -0.465 e. The molecule has 6 rings (SSSR count). The van der Waals surface area contributed by atoms with Gasteiger partial charge in [-0.05, 0) is 51.6 Å². The summed E-state index contributed by atoms with van der Waals surface area (Å²) in [5, 5.41) is 14.6. The van der Waals surface area contributed by atoms with E-state index in [-0.39, 0.29) is 5.97 Å². The van der Waals surface area contributed by atoms with Gasteiger partial charge in [0.2, 0.25) is 5.82 Å². The summed E-state index contributed by atoms with van der Waals surface area (Å²) in [4.78, 5) is 17.8. The lowest BCUT2D eigenvalue weighted by molar-refractivity contribution is 0.0600. The zero-order chi connectivity index (χ0) is 29.6. The van der Waals surface area contributed by atoms with Crippen LogP contribution in [-0.4, -0.2) is 43.3 Å². The lowest BCUT2D eigenvalue weighted by Gasteiger charge is -2.12. The maximum Gasteiger partial charge on any atom is 0.338 e. The number of benzene rings is 4. The first-order chi connectivity index (χ1) is 21.1. The van der Waals surface area contributed by atoms with Crippen LogP contribution in [-0.2, 0) is 17.7 Å². The molecule has 0 spiro atoms. The molecule has 0 fully saturated rings. The van der Waals surface area contributed by atoms with Crippen LogP contribution in [0, 0.1) is 0 Å². The lowest BCUT2D eigenvalue weighted by Crippen LogP contribution is -2.07. The zero-order valence-corrected chi connectivity index (χ0v) is 24.2. The first-order valence-electron chi connectivity index (χ1n) is 14.4. The number of rotatable bonds is 10. The third-order valence-corrected chi connectivity index (χ3v) is 7.53. The lowest BCUT2D eigenvalue weighted by atomic mass is 9.98. The van der Waals surface area contributed by atoms with E-state index in [4.69, 9.17) is 9.72 Å². The zero-order valence-electron chi connectivity index (χ0n) is 24.2. The third kappa shape index (κ3) is 5.99. The number of carbonyl (C=O) groups excluding carboxylic acids is 1. The van der Waals surface area contributed by atoms with Crippen molar-refractivity contribution in [2.75, 3.05) is 7.11 Å². The average Bonchev–Trinajstić information content (AvgIpc) is 3.71. The molecule has 8 heteroatoms. The molecule has 0 radical (unpaired) electrons. The smallest absolute Gasteiger partial charge is 0.338 e. The number of nitrogens with one attached hydrogen (secondary N) is 1. The number of aromatic amines is 1. The van der Waals surface area contributed by atoms with Gasteiger partial charge in [0.1, 0.15) is 5.82 Å². The van der Waals surface area contributed by atoms with Crippen molar-refractivity contribution >= 4 is 29.2 Å². The molecule has 0 aliphatic carbocycles. The quantitative estimate of drug-likeness (QED) is 0.138. The molecule has 6 aromatic rings. The normalized spacial score (nSPS) is 11.4. The van der Waals surface area contributed by atoms with E-state index in [0.29, 0.717) is 17.9 Å². The fourth-order valence-corrected chi connectivity index (χ4v) is 5.29. The topological polar surface area (TPSA) is 98.6 Å². The van der Waals surface area contributed by atoms with Crippen LogP contribution in [0.1, 0.15) is 52.6 Å². The molecule has 0 bridgehead atoms. The van der Waals surface area contributed by atoms with Gasteiger partial charge >= 0.3 is 5.97 Å². The molecule has 0 saturated heterocycles. The summed E-state index contributed by atoms with van der Waals surface area (Å²) in [6.45, 7) is 2.84. The average molecular weight is 569 g/mol. The van der Waals surface area contributed by atoms with Crippen molar-refractivity contribution in [1.82, 2.24) is 30.2 Å². The van der Waals surface area contributed by atoms with Gasteiger partial charge in [-0.25, -0.2) is 9.78 Å². The van der Waals surface area contributed by atoms with Crippen molar-refractivity contribution in [3.05, 3.63) is 119 Å². The van der Waals surface area contributed by atoms with E-state index in [1.54, 1.807) is 0 Å². The van der Waals surface area contributed by atoms with Crippen LogP contribution >= 0.6 is 0 Å². The van der Waals surface area contributed by atoms with Gasteiger partial charge in [0.25, 0.3) is 0 Å². The molecule has 0 saturated carbocycles. The molecule has 4 aromatic carbocycles. The number of hydrogen-bond acceptors (Lipinski definition) is 6. The molecule has 0 atom stereocenters. The number of tetrazole rings is 1. The number of fused-ring (bicyclic) bond motifs is 1. The molecule has 2 heterocycles. The maximum atomic E-state index is 12.8. The first kappa shape index (κ1) is 27.8. The SMILES string of the molecule is CCCCc1nc2cc(C(=O)OC)c(C=Cc3ccccc3)cc2n1Cc1ccc(-c2ccccc2-c2nn[nH]n2)cc1. The Labute approximate surface area is 250 Å². The van der Waals surface area contributed by atoms with Crippen LogP contribution in [0.4, 0.5) is 0 Å². The molecule has 0 aliphatic rings. The number of imidazole rings is 1. The highest BCUT2D eigenvalue weighted by atomic mass is 16.5. The molecule has 8 nitrogen and oxygen atoms in total. The van der Waals surface area contributed by atoms with Gasteiger partial charge in [0.15, 0.2) is 0 Å². The highest BCUT2D eigenvalue weighted by molar-refractivity contribution is 5.99. The van der Waals surface area contributed by atoms with Crippen LogP contribution in [0.5, 0.6) is 0 Å². The summed E-state index contributed by atoms with van der Waals surface area (Å²) in [6, 6.07) is 30.6. The predicted molar refractivity (Wildman–Crippen MR) is 169 cm³/mol. The van der Waals surface area contributed by atoms with Crippen LogP contribution in [0.2, 0.25) is 0 Å². The van der Waals surface area contributed by atoms with Gasteiger partial charge in [-0.1, -0.05) is 104 Å². The first-order valence-corrected chi connectivity index (χ1v) is 14.4. The summed E-state index contributed by atoms with van der Waals surface area (Å²) < 4.78 is 7.41. The molecule has 2 aromatic heterocycles. The van der Waals surface area contributed by atoms with E-state index < -0.39 is 0 Å². The van der Waals surface area contributed by atoms with E-state index >= 15 is 0 Å². The summed E-state index contributed by atoms with van der Waals surface area (Å²) in [5.41, 5.74) is 8.29. The number of aryl methyl sites for hydroxylation is 1. The second-order valence-electron chi connectivity index (χ2n) is 10.4. The Kier molecular flexibility index (Phi) is 8.17. The summed E-state index contributed by atoms with van der Waals surface area (Å²) in [5.74, 6) is 1.19. The van der Waals surface area contributed by atoms with Gasteiger partial charge < -0.3 is 9.30 Å². The van der Waals surface area contributed by atoms with Crippen LogP contribution in [0.15, 0.2) is 91.0 Å². The van der Waals surface area contributed by atoms with E-state index in [9.17, 15) is 4.79 Å². The second-order valence-corrected chi connectivity index (χ2v) is 10.4. The van der Waals surface area contributed by atoms with Gasteiger partial charge in [-0.3, -0.25) is 0 Å². The number of hydrogen-bond donors (Lipinski definition) is 1. The molecule has 0 aliphatic heterocycles. The third-order valence-electron chi connectivity index (χ3n) is 7.53. The minimum absolute atomic E-state index is 0.379. The fourth-order valence-electron chi connectivity index (χ4n) is 5.29. The number of unbranched alkanes of at least 4 members (excludes halogenated alkanes) is 1.